The molecular weight excluding hydrogens is 148 g/mol. The summed E-state index contributed by atoms with van der Waals surface area (Å²) < 4.78 is 0. The molecule has 0 heterocycles. The lowest BCUT2D eigenvalue weighted by Crippen LogP contribution is -2.02. The minimum atomic E-state index is -1.26. The molecule has 0 aliphatic rings. The average Bonchev–Trinajstić information content (AvgIpc) is 1.86. The summed E-state index contributed by atoms with van der Waals surface area (Å²) in [6, 6.07) is 0. The molecule has 0 radical (unpaired) electrons. The maximum Gasteiger partial charge on any atom is 0.332 e. The molecular formula is C7H8O4. The fraction of sp³-hybridized carbons (Fsp3) is 0.143. The molecule has 0 bridgehead atoms. The van der Waals surface area contributed by atoms with Crippen LogP contribution in [0.4, 0.5) is 0 Å². The average molecular weight is 156 g/mol. The van der Waals surface area contributed by atoms with E-state index < -0.39 is 11.9 Å². The predicted molar refractivity (Wildman–Crippen MR) is 38.2 cm³/mol. The third-order valence-electron chi connectivity index (χ3n) is 0.937. The summed E-state index contributed by atoms with van der Waals surface area (Å²) in [5.41, 5.74) is -0.174. The minimum absolute atomic E-state index is 0.0572. The molecule has 0 amide bonds. The van der Waals surface area contributed by atoms with Crippen molar-refractivity contribution in [1.82, 2.24) is 0 Å². The van der Waals surface area contributed by atoms with Gasteiger partial charge in [0.25, 0.3) is 0 Å². The van der Waals surface area contributed by atoms with Gasteiger partial charge in [-0.15, -0.1) is 6.58 Å². The Morgan fingerprint density at radius 3 is 2.18 bits per heavy atom. The van der Waals surface area contributed by atoms with E-state index in [4.69, 9.17) is 10.2 Å². The van der Waals surface area contributed by atoms with Crippen LogP contribution in [-0.2, 0) is 9.59 Å². The maximum atomic E-state index is 10.2. The molecule has 0 aliphatic heterocycles. The number of rotatable bonds is 4. The number of allylic oxidation sites excluding steroid dienone is 1. The molecule has 0 aromatic carbocycles. The zero-order valence-electron chi connectivity index (χ0n) is 5.78. The lowest BCUT2D eigenvalue weighted by Gasteiger charge is -1.93. The fourth-order valence-corrected chi connectivity index (χ4v) is 0.513. The first-order chi connectivity index (χ1) is 5.07. The number of carboxylic acid groups (broad SMARTS) is 2. The van der Waals surface area contributed by atoms with Gasteiger partial charge in [-0.3, -0.25) is 0 Å². The van der Waals surface area contributed by atoms with Gasteiger partial charge >= 0.3 is 11.9 Å². The Hall–Kier alpha value is -1.58. The van der Waals surface area contributed by atoms with E-state index in [-0.39, 0.29) is 12.0 Å². The van der Waals surface area contributed by atoms with E-state index in [1.165, 1.54) is 6.08 Å². The third-order valence-corrected chi connectivity index (χ3v) is 0.937. The molecule has 11 heavy (non-hydrogen) atoms. The molecule has 0 aliphatic carbocycles. The Morgan fingerprint density at radius 1 is 1.36 bits per heavy atom. The molecule has 0 aromatic rings. The Balaban J connectivity index is 4.44. The van der Waals surface area contributed by atoms with Crippen LogP contribution >= 0.6 is 0 Å². The van der Waals surface area contributed by atoms with Crippen LogP contribution in [0.25, 0.3) is 0 Å². The second kappa shape index (κ2) is 4.27. The molecule has 0 unspecified atom stereocenters. The van der Waals surface area contributed by atoms with Crippen molar-refractivity contribution < 1.29 is 19.8 Å². The first kappa shape index (κ1) is 9.42. The Kier molecular flexibility index (Phi) is 3.66. The van der Waals surface area contributed by atoms with Gasteiger partial charge in [0.05, 0.1) is 0 Å². The molecule has 2 N–H and O–H groups in total. The van der Waals surface area contributed by atoms with Crippen molar-refractivity contribution in [1.29, 1.82) is 0 Å². The lowest BCUT2D eigenvalue weighted by molar-refractivity contribution is -0.135. The van der Waals surface area contributed by atoms with Crippen LogP contribution < -0.4 is 0 Å². The smallest absolute Gasteiger partial charge is 0.332 e. The lowest BCUT2D eigenvalue weighted by atomic mass is 10.2. The highest BCUT2D eigenvalue weighted by Crippen LogP contribution is 2.01. The van der Waals surface area contributed by atoms with Gasteiger partial charge in [-0.05, 0) is 6.42 Å². The highest BCUT2D eigenvalue weighted by atomic mass is 16.4. The number of carbonyl (C=O) groups is 2. The van der Waals surface area contributed by atoms with Gasteiger partial charge in [0.1, 0.15) is 0 Å². The maximum absolute atomic E-state index is 10.2. The molecule has 4 nitrogen and oxygen atoms in total. The van der Waals surface area contributed by atoms with E-state index in [2.05, 4.69) is 6.58 Å². The van der Waals surface area contributed by atoms with Crippen molar-refractivity contribution in [3.05, 3.63) is 24.3 Å². The van der Waals surface area contributed by atoms with E-state index in [1.807, 2.05) is 0 Å². The quantitative estimate of drug-likeness (QED) is 0.463. The van der Waals surface area contributed by atoms with Crippen LogP contribution in [0.3, 0.4) is 0 Å². The van der Waals surface area contributed by atoms with Crippen LogP contribution in [0.2, 0.25) is 0 Å². The summed E-state index contributed by atoms with van der Waals surface area (Å²) in [5.74, 6) is -2.49. The molecule has 4 heteroatoms. The van der Waals surface area contributed by atoms with Crippen LogP contribution in [0, 0.1) is 0 Å². The first-order valence-electron chi connectivity index (χ1n) is 2.85. The van der Waals surface area contributed by atoms with Gasteiger partial charge in [0.2, 0.25) is 0 Å². The van der Waals surface area contributed by atoms with Gasteiger partial charge in [-0.1, -0.05) is 6.08 Å². The molecule has 0 atom stereocenters. The second-order valence-corrected chi connectivity index (χ2v) is 1.81. The highest BCUT2D eigenvalue weighted by molar-refractivity contribution is 5.94. The molecule has 0 rings (SSSR count). The standard InChI is InChI=1S/C7H8O4/c1-2-3-5(7(10)11)4-6(8)9/h2,4H,1,3H2,(H,8,9)(H,10,11)/b5-4-. The molecule has 60 valence electrons. The van der Waals surface area contributed by atoms with E-state index >= 15 is 0 Å². The summed E-state index contributed by atoms with van der Waals surface area (Å²) in [6.07, 6.45) is 2.05. The van der Waals surface area contributed by atoms with Crippen molar-refractivity contribution >= 4 is 11.9 Å². The van der Waals surface area contributed by atoms with Gasteiger partial charge < -0.3 is 10.2 Å². The largest absolute Gasteiger partial charge is 0.478 e. The third kappa shape index (κ3) is 3.91. The van der Waals surface area contributed by atoms with Crippen LogP contribution in [0.1, 0.15) is 6.42 Å². The number of aliphatic carboxylic acids is 2. The number of hydrogen-bond donors (Lipinski definition) is 2. The van der Waals surface area contributed by atoms with Crippen LogP contribution in [0.15, 0.2) is 24.3 Å². The topological polar surface area (TPSA) is 74.6 Å². The van der Waals surface area contributed by atoms with Crippen molar-refractivity contribution in [3.8, 4) is 0 Å². The van der Waals surface area contributed by atoms with Crippen LogP contribution in [-0.4, -0.2) is 22.2 Å². The van der Waals surface area contributed by atoms with Gasteiger partial charge in [0, 0.05) is 11.6 Å². The van der Waals surface area contributed by atoms with Crippen LogP contribution in [0.5, 0.6) is 0 Å². The highest BCUT2D eigenvalue weighted by Gasteiger charge is 2.06. The zero-order chi connectivity index (χ0) is 8.85. The van der Waals surface area contributed by atoms with Crippen molar-refractivity contribution in [2.24, 2.45) is 0 Å². The van der Waals surface area contributed by atoms with E-state index in [0.29, 0.717) is 6.08 Å². The zero-order valence-corrected chi connectivity index (χ0v) is 5.78. The van der Waals surface area contributed by atoms with Gasteiger partial charge in [0.15, 0.2) is 0 Å². The van der Waals surface area contributed by atoms with E-state index in [1.54, 1.807) is 0 Å². The van der Waals surface area contributed by atoms with Crippen molar-refractivity contribution in [3.63, 3.8) is 0 Å². The number of carboxylic acids is 2. The monoisotopic (exact) mass is 156 g/mol. The fourth-order valence-electron chi connectivity index (χ4n) is 0.513. The molecule has 0 aromatic heterocycles. The first-order valence-corrected chi connectivity index (χ1v) is 2.85. The Bertz CT molecular complexity index is 214. The van der Waals surface area contributed by atoms with E-state index in [9.17, 15) is 9.59 Å². The van der Waals surface area contributed by atoms with Crippen molar-refractivity contribution in [2.45, 2.75) is 6.42 Å². The van der Waals surface area contributed by atoms with Gasteiger partial charge in [-0.2, -0.15) is 0 Å². The summed E-state index contributed by atoms with van der Waals surface area (Å²) in [6.45, 7) is 3.29. The second-order valence-electron chi connectivity index (χ2n) is 1.81. The summed E-state index contributed by atoms with van der Waals surface area (Å²) in [5, 5.41) is 16.6. The minimum Gasteiger partial charge on any atom is -0.478 e. The SMILES string of the molecule is C=CC/C(=C/C(=O)O)C(=O)O. The van der Waals surface area contributed by atoms with Crippen molar-refractivity contribution in [2.75, 3.05) is 0 Å². The molecule has 0 spiro atoms. The number of hydrogen-bond acceptors (Lipinski definition) is 2. The Morgan fingerprint density at radius 2 is 1.91 bits per heavy atom. The summed E-state index contributed by atoms with van der Waals surface area (Å²) >= 11 is 0. The van der Waals surface area contributed by atoms with E-state index in [0.717, 1.165) is 0 Å². The molecule has 0 saturated heterocycles. The molecule has 0 saturated carbocycles. The van der Waals surface area contributed by atoms with Gasteiger partial charge in [-0.25, -0.2) is 9.59 Å². The predicted octanol–water partition coefficient (Wildman–Crippen LogP) is 0.658. The summed E-state index contributed by atoms with van der Waals surface area (Å²) in [4.78, 5) is 20.3. The molecule has 0 fully saturated rings. The normalized spacial score (nSPS) is 10.7. The Labute approximate surface area is 63.5 Å². The summed E-state index contributed by atoms with van der Waals surface area (Å²) in [7, 11) is 0.